The van der Waals surface area contributed by atoms with Crippen LogP contribution in [0.15, 0.2) is 29.5 Å². The van der Waals surface area contributed by atoms with Crippen molar-refractivity contribution >= 4 is 17.2 Å². The summed E-state index contributed by atoms with van der Waals surface area (Å²) < 4.78 is 2.77. The molecule has 9 heteroatoms. The first-order valence-corrected chi connectivity index (χ1v) is 8.55. The Kier molecular flexibility index (Phi) is 5.06. The van der Waals surface area contributed by atoms with E-state index in [4.69, 9.17) is 0 Å². The third-order valence-electron chi connectivity index (χ3n) is 3.82. The second-order valence-electron chi connectivity index (χ2n) is 6.30. The van der Waals surface area contributed by atoms with E-state index in [1.165, 1.54) is 17.2 Å². The molecular formula is C17H21N7O2. The lowest BCUT2D eigenvalue weighted by Crippen LogP contribution is -2.32. The van der Waals surface area contributed by atoms with Crippen molar-refractivity contribution in [2.45, 2.75) is 46.1 Å². The summed E-state index contributed by atoms with van der Waals surface area (Å²) in [6.07, 6.45) is 4.58. The Labute approximate surface area is 150 Å². The number of nitrogens with zero attached hydrogens (tertiary/aromatic N) is 6. The lowest BCUT2D eigenvalue weighted by atomic mass is 10.2. The van der Waals surface area contributed by atoms with Gasteiger partial charge in [0.05, 0.1) is 5.69 Å². The van der Waals surface area contributed by atoms with E-state index >= 15 is 0 Å². The highest BCUT2D eigenvalue weighted by molar-refractivity contribution is 5.89. The van der Waals surface area contributed by atoms with Gasteiger partial charge in [-0.1, -0.05) is 27.2 Å². The molecule has 136 valence electrons. The topological polar surface area (TPSA) is 107 Å². The van der Waals surface area contributed by atoms with Gasteiger partial charge in [0.15, 0.2) is 5.82 Å². The van der Waals surface area contributed by atoms with Gasteiger partial charge in [-0.2, -0.15) is 10.2 Å². The summed E-state index contributed by atoms with van der Waals surface area (Å²) >= 11 is 0. The number of amides is 1. The lowest BCUT2D eigenvalue weighted by molar-refractivity contribution is -0.117. The number of anilines is 1. The molecule has 3 rings (SSSR count). The van der Waals surface area contributed by atoms with Gasteiger partial charge in [-0.3, -0.25) is 9.59 Å². The van der Waals surface area contributed by atoms with Gasteiger partial charge in [0.25, 0.3) is 5.56 Å². The van der Waals surface area contributed by atoms with Gasteiger partial charge in [0.2, 0.25) is 5.91 Å². The number of aryl methyl sites for hydroxylation is 1. The first-order chi connectivity index (χ1) is 12.5. The average Bonchev–Trinajstić information content (AvgIpc) is 3.02. The van der Waals surface area contributed by atoms with Crippen LogP contribution in [0.5, 0.6) is 0 Å². The predicted molar refractivity (Wildman–Crippen MR) is 96.0 cm³/mol. The molecule has 1 N–H and O–H groups in total. The van der Waals surface area contributed by atoms with Crippen molar-refractivity contribution in [3.05, 3.63) is 46.5 Å². The van der Waals surface area contributed by atoms with Crippen molar-refractivity contribution in [3.8, 4) is 0 Å². The van der Waals surface area contributed by atoms with Gasteiger partial charge in [-0.15, -0.1) is 0 Å². The van der Waals surface area contributed by atoms with Crippen LogP contribution in [0, 0.1) is 0 Å². The van der Waals surface area contributed by atoms with E-state index in [1.807, 2.05) is 13.8 Å². The molecule has 0 saturated carbocycles. The van der Waals surface area contributed by atoms with Crippen LogP contribution in [0.1, 0.15) is 44.6 Å². The van der Waals surface area contributed by atoms with Crippen molar-refractivity contribution < 1.29 is 4.79 Å². The summed E-state index contributed by atoms with van der Waals surface area (Å²) in [5.74, 6) is 0.670. The Morgan fingerprint density at radius 3 is 2.77 bits per heavy atom. The van der Waals surface area contributed by atoms with Crippen LogP contribution in [0.25, 0.3) is 5.52 Å². The quantitative estimate of drug-likeness (QED) is 0.716. The molecule has 0 saturated heterocycles. The molecule has 3 aromatic rings. The number of rotatable bonds is 6. The maximum atomic E-state index is 12.7. The van der Waals surface area contributed by atoms with Crippen molar-refractivity contribution in [2.75, 3.05) is 5.32 Å². The van der Waals surface area contributed by atoms with Crippen LogP contribution in [-0.4, -0.2) is 35.3 Å². The van der Waals surface area contributed by atoms with E-state index in [0.717, 1.165) is 18.5 Å². The molecule has 1 amide bonds. The standard InChI is InChI=1S/C17H21N7O2/c1-4-5-12-8-13-17(26)23(22-16(11(2)3)24(13)21-12)9-15(25)20-14-6-7-18-10-19-14/h6-8,10-11H,4-5,9H2,1-3H3,(H,18,19,20,25). The van der Waals surface area contributed by atoms with E-state index in [-0.39, 0.29) is 23.9 Å². The fourth-order valence-electron chi connectivity index (χ4n) is 2.63. The number of nitrogens with one attached hydrogen (secondary N) is 1. The van der Waals surface area contributed by atoms with Gasteiger partial charge in [0, 0.05) is 12.1 Å². The molecule has 0 fully saturated rings. The number of carbonyl (C=O) groups excluding carboxylic acids is 1. The maximum absolute atomic E-state index is 12.7. The van der Waals surface area contributed by atoms with E-state index in [9.17, 15) is 9.59 Å². The van der Waals surface area contributed by atoms with Gasteiger partial charge < -0.3 is 5.32 Å². The van der Waals surface area contributed by atoms with E-state index < -0.39 is 0 Å². The lowest BCUT2D eigenvalue weighted by Gasteiger charge is -2.11. The molecule has 9 nitrogen and oxygen atoms in total. The van der Waals surface area contributed by atoms with E-state index in [1.54, 1.807) is 16.6 Å². The fraction of sp³-hybridized carbons (Fsp3) is 0.412. The molecule has 0 bridgehead atoms. The summed E-state index contributed by atoms with van der Waals surface area (Å²) in [6.45, 7) is 5.80. The summed E-state index contributed by atoms with van der Waals surface area (Å²) in [4.78, 5) is 32.7. The minimum atomic E-state index is -0.384. The minimum Gasteiger partial charge on any atom is -0.309 e. The molecule has 0 atom stereocenters. The summed E-state index contributed by atoms with van der Waals surface area (Å²) in [5.41, 5.74) is 0.931. The highest BCUT2D eigenvalue weighted by Gasteiger charge is 2.17. The molecule has 0 aliphatic carbocycles. The fourth-order valence-corrected chi connectivity index (χ4v) is 2.63. The molecule has 0 aliphatic heterocycles. The van der Waals surface area contributed by atoms with Crippen molar-refractivity contribution in [1.29, 1.82) is 0 Å². The Hall–Kier alpha value is -3.10. The van der Waals surface area contributed by atoms with Crippen molar-refractivity contribution in [1.82, 2.24) is 29.4 Å². The average molecular weight is 355 g/mol. The zero-order chi connectivity index (χ0) is 18.7. The summed E-state index contributed by atoms with van der Waals surface area (Å²) in [7, 11) is 0. The zero-order valence-electron chi connectivity index (χ0n) is 15.0. The van der Waals surface area contributed by atoms with Crippen molar-refractivity contribution in [3.63, 3.8) is 0 Å². The zero-order valence-corrected chi connectivity index (χ0v) is 15.0. The summed E-state index contributed by atoms with van der Waals surface area (Å²) in [5, 5.41) is 11.5. The van der Waals surface area contributed by atoms with E-state index in [0.29, 0.717) is 17.2 Å². The molecule has 0 spiro atoms. The first-order valence-electron chi connectivity index (χ1n) is 8.55. The van der Waals surface area contributed by atoms with Crippen LogP contribution in [0.4, 0.5) is 5.82 Å². The Bertz CT molecular complexity index is 976. The molecular weight excluding hydrogens is 334 g/mol. The first kappa shape index (κ1) is 17.7. The number of hydrogen-bond acceptors (Lipinski definition) is 6. The number of hydrogen-bond donors (Lipinski definition) is 1. The van der Waals surface area contributed by atoms with Gasteiger partial charge >= 0.3 is 0 Å². The predicted octanol–water partition coefficient (Wildman–Crippen LogP) is 1.40. The van der Waals surface area contributed by atoms with Crippen LogP contribution in [0.3, 0.4) is 0 Å². The molecule has 0 unspecified atom stereocenters. The normalized spacial score (nSPS) is 11.2. The molecule has 0 radical (unpaired) electrons. The molecule has 3 heterocycles. The Morgan fingerprint density at radius 1 is 1.31 bits per heavy atom. The number of aromatic nitrogens is 6. The summed E-state index contributed by atoms with van der Waals surface area (Å²) in [6, 6.07) is 3.35. The largest absolute Gasteiger partial charge is 0.309 e. The number of fused-ring (bicyclic) bond motifs is 1. The molecule has 0 aliphatic rings. The second-order valence-corrected chi connectivity index (χ2v) is 6.30. The number of carbonyl (C=O) groups is 1. The Balaban J connectivity index is 1.96. The second kappa shape index (κ2) is 7.42. The van der Waals surface area contributed by atoms with Crippen LogP contribution in [0.2, 0.25) is 0 Å². The third kappa shape index (κ3) is 3.61. The highest BCUT2D eigenvalue weighted by atomic mass is 16.2. The maximum Gasteiger partial charge on any atom is 0.293 e. The molecule has 0 aromatic carbocycles. The van der Waals surface area contributed by atoms with Gasteiger partial charge in [0.1, 0.15) is 24.2 Å². The SMILES string of the molecule is CCCc1cc2c(=O)n(CC(=O)Nc3ccncn3)nc(C(C)C)n2n1. The highest BCUT2D eigenvalue weighted by Crippen LogP contribution is 2.13. The third-order valence-corrected chi connectivity index (χ3v) is 3.82. The molecule has 3 aromatic heterocycles. The van der Waals surface area contributed by atoms with E-state index in [2.05, 4.69) is 32.4 Å². The van der Waals surface area contributed by atoms with Crippen molar-refractivity contribution in [2.24, 2.45) is 0 Å². The smallest absolute Gasteiger partial charge is 0.293 e. The monoisotopic (exact) mass is 355 g/mol. The van der Waals surface area contributed by atoms with Gasteiger partial charge in [-0.05, 0) is 18.6 Å². The van der Waals surface area contributed by atoms with Crippen LogP contribution in [-0.2, 0) is 17.8 Å². The molecule has 26 heavy (non-hydrogen) atoms. The van der Waals surface area contributed by atoms with Gasteiger partial charge in [-0.25, -0.2) is 19.2 Å². The Morgan fingerprint density at radius 2 is 2.12 bits per heavy atom. The minimum absolute atomic E-state index is 0.0450. The van der Waals surface area contributed by atoms with Crippen LogP contribution < -0.4 is 10.9 Å². The van der Waals surface area contributed by atoms with Crippen LogP contribution >= 0.6 is 0 Å².